The van der Waals surface area contributed by atoms with Crippen molar-refractivity contribution in [2.45, 2.75) is 4.90 Å². The van der Waals surface area contributed by atoms with E-state index >= 15 is 0 Å². The Morgan fingerprint density at radius 1 is 1.17 bits per heavy atom. The van der Waals surface area contributed by atoms with Gasteiger partial charge in [-0.1, -0.05) is 6.07 Å². The van der Waals surface area contributed by atoms with Gasteiger partial charge in [0.2, 0.25) is 0 Å². The second kappa shape index (κ2) is 6.00. The molecule has 9 heteroatoms. The first kappa shape index (κ1) is 16.1. The number of benzene rings is 2. The van der Waals surface area contributed by atoms with Crippen molar-refractivity contribution in [1.29, 1.82) is 0 Å². The molecule has 126 valence electrons. The molecule has 0 atom stereocenters. The molecule has 0 amide bonds. The van der Waals surface area contributed by atoms with Gasteiger partial charge in [-0.15, -0.1) is 0 Å². The van der Waals surface area contributed by atoms with Gasteiger partial charge in [-0.25, -0.2) is 17.6 Å². The van der Waals surface area contributed by atoms with Gasteiger partial charge in [0, 0.05) is 6.07 Å². The van der Waals surface area contributed by atoms with E-state index in [1.165, 1.54) is 24.3 Å². The van der Waals surface area contributed by atoms with Crippen molar-refractivity contribution in [2.75, 3.05) is 17.9 Å². The summed E-state index contributed by atoms with van der Waals surface area (Å²) in [5.74, 6) is -1.94. The minimum absolute atomic E-state index is 0.0153. The van der Waals surface area contributed by atoms with Gasteiger partial charge < -0.3 is 14.6 Å². The number of rotatable bonds is 4. The normalized spacial score (nSPS) is 13.4. The number of carbonyl (C=O) groups is 1. The Hall–Kier alpha value is -2.81. The molecule has 2 N–H and O–H groups in total. The fourth-order valence-corrected chi connectivity index (χ4v) is 3.30. The van der Waals surface area contributed by atoms with Gasteiger partial charge in [-0.05, 0) is 24.3 Å². The number of sulfonamides is 1. The van der Waals surface area contributed by atoms with Crippen molar-refractivity contribution in [2.24, 2.45) is 0 Å². The fraction of sp³-hybridized carbons (Fsp3) is 0.133. The lowest BCUT2D eigenvalue weighted by atomic mass is 10.2. The largest absolute Gasteiger partial charge is 0.486 e. The average Bonchev–Trinajstić information content (AvgIpc) is 2.53. The number of fused-ring (bicyclic) bond motifs is 1. The third-order valence-electron chi connectivity index (χ3n) is 3.23. The molecule has 1 aliphatic rings. The van der Waals surface area contributed by atoms with Crippen LogP contribution in [0.15, 0.2) is 41.3 Å². The Morgan fingerprint density at radius 3 is 2.62 bits per heavy atom. The van der Waals surface area contributed by atoms with E-state index in [0.29, 0.717) is 0 Å². The zero-order valence-electron chi connectivity index (χ0n) is 12.2. The van der Waals surface area contributed by atoms with Gasteiger partial charge in [0.1, 0.15) is 24.6 Å². The molecule has 0 spiro atoms. The van der Waals surface area contributed by atoms with Crippen LogP contribution in [0.4, 0.5) is 10.1 Å². The smallest absolute Gasteiger partial charge is 0.339 e. The summed E-state index contributed by atoms with van der Waals surface area (Å²) < 4.78 is 50.8. The van der Waals surface area contributed by atoms with Gasteiger partial charge >= 0.3 is 5.97 Å². The average molecular weight is 353 g/mol. The number of hydrogen-bond donors (Lipinski definition) is 2. The number of anilines is 1. The van der Waals surface area contributed by atoms with E-state index < -0.39 is 21.8 Å². The minimum Gasteiger partial charge on any atom is -0.486 e. The summed E-state index contributed by atoms with van der Waals surface area (Å²) >= 11 is 0. The zero-order valence-corrected chi connectivity index (χ0v) is 13.0. The van der Waals surface area contributed by atoms with Crippen LogP contribution in [0.3, 0.4) is 0 Å². The molecule has 1 aliphatic heterocycles. The van der Waals surface area contributed by atoms with Gasteiger partial charge in [0.25, 0.3) is 10.0 Å². The van der Waals surface area contributed by atoms with Crippen LogP contribution in [-0.2, 0) is 10.0 Å². The van der Waals surface area contributed by atoms with Crippen molar-refractivity contribution in [1.82, 2.24) is 0 Å². The quantitative estimate of drug-likeness (QED) is 0.873. The molecule has 2 aromatic carbocycles. The number of ether oxygens (including phenoxy) is 2. The highest BCUT2D eigenvalue weighted by Crippen LogP contribution is 2.37. The maximum absolute atomic E-state index is 13.2. The van der Waals surface area contributed by atoms with Gasteiger partial charge in [-0.3, -0.25) is 4.72 Å². The van der Waals surface area contributed by atoms with Crippen molar-refractivity contribution in [3.05, 3.63) is 47.8 Å². The molecule has 0 bridgehead atoms. The van der Waals surface area contributed by atoms with Crippen LogP contribution in [0.2, 0.25) is 0 Å². The lowest BCUT2D eigenvalue weighted by Crippen LogP contribution is -2.20. The summed E-state index contributed by atoms with van der Waals surface area (Å²) in [5.41, 5.74) is -0.311. The molecule has 0 unspecified atom stereocenters. The van der Waals surface area contributed by atoms with Gasteiger partial charge in [0.05, 0.1) is 10.6 Å². The summed E-state index contributed by atoms with van der Waals surface area (Å²) in [6.45, 7) is 0.341. The predicted molar refractivity (Wildman–Crippen MR) is 81.6 cm³/mol. The van der Waals surface area contributed by atoms with Crippen LogP contribution < -0.4 is 14.2 Å². The summed E-state index contributed by atoms with van der Waals surface area (Å²) in [6.07, 6.45) is 0. The Bertz CT molecular complexity index is 912. The predicted octanol–water partition coefficient (Wildman–Crippen LogP) is 2.10. The lowest BCUT2D eigenvalue weighted by molar-refractivity contribution is 0.0685. The standard InChI is InChI=1S/C15H12FNO6S/c16-9-2-1-3-10(6-9)17-24(20,21)11-7-12(15(18)19)14-13(8-11)22-4-5-23-14/h1-3,6-8,17H,4-5H2,(H,18,19). The topological polar surface area (TPSA) is 102 Å². The lowest BCUT2D eigenvalue weighted by Gasteiger charge is -2.21. The number of hydrogen-bond acceptors (Lipinski definition) is 5. The molecule has 3 rings (SSSR count). The van der Waals surface area contributed by atoms with E-state index in [4.69, 9.17) is 9.47 Å². The highest BCUT2D eigenvalue weighted by molar-refractivity contribution is 7.92. The van der Waals surface area contributed by atoms with Crippen LogP contribution in [0.25, 0.3) is 0 Å². The third-order valence-corrected chi connectivity index (χ3v) is 4.59. The van der Waals surface area contributed by atoms with E-state index in [1.54, 1.807) is 0 Å². The molecule has 2 aromatic rings. The molecule has 7 nitrogen and oxygen atoms in total. The summed E-state index contributed by atoms with van der Waals surface area (Å²) in [7, 11) is -4.14. The van der Waals surface area contributed by atoms with Crippen molar-refractivity contribution in [3.8, 4) is 11.5 Å². The molecular formula is C15H12FNO6S. The number of nitrogens with one attached hydrogen (secondary N) is 1. The first-order valence-electron chi connectivity index (χ1n) is 6.82. The van der Waals surface area contributed by atoms with E-state index in [1.807, 2.05) is 0 Å². The second-order valence-corrected chi connectivity index (χ2v) is 6.60. The number of carboxylic acids is 1. The molecule has 0 aliphatic carbocycles. The summed E-state index contributed by atoms with van der Waals surface area (Å²) in [5, 5.41) is 9.26. The van der Waals surface area contributed by atoms with Crippen molar-refractivity contribution < 1.29 is 32.2 Å². The van der Waals surface area contributed by atoms with E-state index in [-0.39, 0.29) is 40.9 Å². The first-order valence-corrected chi connectivity index (χ1v) is 8.30. The van der Waals surface area contributed by atoms with Gasteiger partial charge in [-0.2, -0.15) is 0 Å². The molecule has 0 saturated heterocycles. The molecule has 24 heavy (non-hydrogen) atoms. The van der Waals surface area contributed by atoms with E-state index in [0.717, 1.165) is 12.1 Å². The summed E-state index contributed by atoms with van der Waals surface area (Å²) in [4.78, 5) is 11.0. The Balaban J connectivity index is 2.04. The van der Waals surface area contributed by atoms with Crippen LogP contribution in [0.1, 0.15) is 10.4 Å². The molecule has 1 heterocycles. The van der Waals surface area contributed by atoms with Crippen LogP contribution in [-0.4, -0.2) is 32.7 Å². The Labute approximate surface area is 136 Å². The van der Waals surface area contributed by atoms with Crippen molar-refractivity contribution in [3.63, 3.8) is 0 Å². The van der Waals surface area contributed by atoms with Crippen LogP contribution in [0.5, 0.6) is 11.5 Å². The molecule has 0 radical (unpaired) electrons. The zero-order chi connectivity index (χ0) is 17.3. The number of carboxylic acid groups (broad SMARTS) is 1. The fourth-order valence-electron chi connectivity index (χ4n) is 2.21. The van der Waals surface area contributed by atoms with Crippen LogP contribution >= 0.6 is 0 Å². The minimum atomic E-state index is -4.14. The Morgan fingerprint density at radius 2 is 1.92 bits per heavy atom. The van der Waals surface area contributed by atoms with Crippen molar-refractivity contribution >= 4 is 21.7 Å². The maximum atomic E-state index is 13.2. The number of halogens is 1. The molecule has 0 aromatic heterocycles. The first-order chi connectivity index (χ1) is 11.4. The van der Waals surface area contributed by atoms with E-state index in [2.05, 4.69) is 4.72 Å². The molecule has 0 saturated carbocycles. The third kappa shape index (κ3) is 3.11. The highest BCUT2D eigenvalue weighted by atomic mass is 32.2. The number of aromatic carboxylic acids is 1. The Kier molecular flexibility index (Phi) is 4.02. The van der Waals surface area contributed by atoms with E-state index in [9.17, 15) is 22.7 Å². The molecule has 0 fully saturated rings. The highest BCUT2D eigenvalue weighted by Gasteiger charge is 2.26. The van der Waals surface area contributed by atoms with Gasteiger partial charge in [0.15, 0.2) is 11.5 Å². The van der Waals surface area contributed by atoms with Crippen LogP contribution in [0, 0.1) is 5.82 Å². The molecular weight excluding hydrogens is 341 g/mol. The SMILES string of the molecule is O=C(O)c1cc(S(=O)(=O)Nc2cccc(F)c2)cc2c1OCCO2. The monoisotopic (exact) mass is 353 g/mol. The summed E-state index contributed by atoms with van der Waals surface area (Å²) in [6, 6.07) is 7.04. The maximum Gasteiger partial charge on any atom is 0.339 e. The second-order valence-electron chi connectivity index (χ2n) is 4.92.